The van der Waals surface area contributed by atoms with Crippen LogP contribution in [0.25, 0.3) is 0 Å². The highest BCUT2D eigenvalue weighted by molar-refractivity contribution is 5.96. The number of hydrogen-bond acceptors (Lipinski definition) is 2. The molecule has 0 N–H and O–H groups in total. The zero-order valence-electron chi connectivity index (χ0n) is 10.2. The molecule has 6 heteroatoms. The zero-order valence-corrected chi connectivity index (χ0v) is 10.2. The van der Waals surface area contributed by atoms with Crippen molar-refractivity contribution < 1.29 is 18.0 Å². The second kappa shape index (κ2) is 4.57. The van der Waals surface area contributed by atoms with E-state index in [-0.39, 0.29) is 30.1 Å². The maximum atomic E-state index is 12.8. The molecule has 1 heterocycles. The molecule has 1 unspecified atom stereocenters. The third kappa shape index (κ3) is 2.55. The summed E-state index contributed by atoms with van der Waals surface area (Å²) in [4.78, 5) is 12.9. The number of halogens is 3. The number of carbonyl (C=O) groups excluding carboxylic acids is 1. The molecule has 0 bridgehead atoms. The molecule has 0 spiro atoms. The molecule has 1 aromatic rings. The summed E-state index contributed by atoms with van der Waals surface area (Å²) in [5.74, 6) is -0.772. The first kappa shape index (κ1) is 13.4. The summed E-state index contributed by atoms with van der Waals surface area (Å²) in [5.41, 5.74) is -0.446. The Morgan fingerprint density at radius 2 is 2.11 bits per heavy atom. The van der Waals surface area contributed by atoms with E-state index in [4.69, 9.17) is 5.26 Å². The lowest BCUT2D eigenvalue weighted by atomic mass is 10.1. The first-order valence-corrected chi connectivity index (χ1v) is 5.70. The maximum Gasteiger partial charge on any atom is 0.416 e. The third-order valence-corrected chi connectivity index (χ3v) is 3.15. The molecule has 1 aliphatic heterocycles. The van der Waals surface area contributed by atoms with Gasteiger partial charge in [0.15, 0.2) is 0 Å². The summed E-state index contributed by atoms with van der Waals surface area (Å²) in [6, 6.07) is 5.74. The minimum Gasteiger partial charge on any atom is -0.311 e. The van der Waals surface area contributed by atoms with E-state index in [0.29, 0.717) is 0 Å². The second-order valence-electron chi connectivity index (χ2n) is 4.53. The van der Waals surface area contributed by atoms with E-state index in [9.17, 15) is 18.0 Å². The number of hydrogen-bond donors (Lipinski definition) is 0. The highest BCUT2D eigenvalue weighted by Gasteiger charge is 2.35. The van der Waals surface area contributed by atoms with Gasteiger partial charge in [-0.05, 0) is 24.6 Å². The smallest absolute Gasteiger partial charge is 0.311 e. The Morgan fingerprint density at radius 3 is 2.63 bits per heavy atom. The molecule has 19 heavy (non-hydrogen) atoms. The fourth-order valence-corrected chi connectivity index (χ4v) is 2.13. The number of anilines is 1. The number of amides is 1. The first-order chi connectivity index (χ1) is 8.82. The summed E-state index contributed by atoms with van der Waals surface area (Å²) in [6.07, 6.45) is -4.39. The van der Waals surface area contributed by atoms with Crippen LogP contribution in [0.5, 0.6) is 0 Å². The first-order valence-electron chi connectivity index (χ1n) is 5.70. The largest absolute Gasteiger partial charge is 0.416 e. The SMILES string of the molecule is Cc1ccc(N2CC(C#N)CC2=O)cc1C(F)(F)F. The standard InChI is InChI=1S/C13H11F3N2O/c1-8-2-3-10(5-11(8)13(14,15)16)18-7-9(6-17)4-12(18)19/h2-3,5,9H,4,7H2,1H3. The average Bonchev–Trinajstić information content (AvgIpc) is 2.70. The van der Waals surface area contributed by atoms with Crippen molar-refractivity contribution in [1.29, 1.82) is 5.26 Å². The fourth-order valence-electron chi connectivity index (χ4n) is 2.13. The van der Waals surface area contributed by atoms with Gasteiger partial charge in [0.1, 0.15) is 0 Å². The molecule has 1 saturated heterocycles. The summed E-state index contributed by atoms with van der Waals surface area (Å²) in [7, 11) is 0. The quantitative estimate of drug-likeness (QED) is 0.786. The minimum absolute atomic E-state index is 0.0612. The van der Waals surface area contributed by atoms with Gasteiger partial charge in [0, 0.05) is 18.7 Å². The third-order valence-electron chi connectivity index (χ3n) is 3.15. The van der Waals surface area contributed by atoms with Crippen molar-refractivity contribution in [3.05, 3.63) is 29.3 Å². The maximum absolute atomic E-state index is 12.8. The van der Waals surface area contributed by atoms with Gasteiger partial charge in [-0.3, -0.25) is 4.79 Å². The molecule has 0 aliphatic carbocycles. The molecule has 0 saturated carbocycles. The van der Waals surface area contributed by atoms with Gasteiger partial charge < -0.3 is 4.90 Å². The number of alkyl halides is 3. The number of nitriles is 1. The van der Waals surface area contributed by atoms with Crippen molar-refractivity contribution in [1.82, 2.24) is 0 Å². The van der Waals surface area contributed by atoms with Gasteiger partial charge in [-0.1, -0.05) is 6.07 Å². The molecular weight excluding hydrogens is 257 g/mol. The molecule has 100 valence electrons. The lowest BCUT2D eigenvalue weighted by molar-refractivity contribution is -0.138. The Morgan fingerprint density at radius 1 is 1.42 bits per heavy atom. The molecule has 3 nitrogen and oxygen atoms in total. The van der Waals surface area contributed by atoms with E-state index in [2.05, 4.69) is 0 Å². The predicted octanol–water partition coefficient (Wildman–Crippen LogP) is 2.89. The van der Waals surface area contributed by atoms with Crippen LogP contribution in [0.1, 0.15) is 17.5 Å². The molecule has 0 radical (unpaired) electrons. The van der Waals surface area contributed by atoms with Crippen molar-refractivity contribution in [3.8, 4) is 6.07 Å². The van der Waals surface area contributed by atoms with Gasteiger partial charge in [-0.15, -0.1) is 0 Å². The monoisotopic (exact) mass is 268 g/mol. The van der Waals surface area contributed by atoms with Gasteiger partial charge in [0.05, 0.1) is 17.6 Å². The minimum atomic E-state index is -4.45. The lowest BCUT2D eigenvalue weighted by Crippen LogP contribution is -2.25. The van der Waals surface area contributed by atoms with Gasteiger partial charge in [0.25, 0.3) is 0 Å². The van der Waals surface area contributed by atoms with Crippen LogP contribution in [-0.4, -0.2) is 12.5 Å². The van der Waals surface area contributed by atoms with Crippen LogP contribution in [0.3, 0.4) is 0 Å². The van der Waals surface area contributed by atoms with E-state index in [1.165, 1.54) is 24.0 Å². The molecule has 2 rings (SSSR count). The van der Waals surface area contributed by atoms with Crippen molar-refractivity contribution in [3.63, 3.8) is 0 Å². The second-order valence-corrected chi connectivity index (χ2v) is 4.53. The van der Waals surface area contributed by atoms with Crippen LogP contribution < -0.4 is 4.90 Å². The fraction of sp³-hybridized carbons (Fsp3) is 0.385. The number of nitrogens with zero attached hydrogens (tertiary/aromatic N) is 2. The van der Waals surface area contributed by atoms with Gasteiger partial charge in [-0.25, -0.2) is 0 Å². The van der Waals surface area contributed by atoms with Crippen molar-refractivity contribution >= 4 is 11.6 Å². The van der Waals surface area contributed by atoms with Crippen molar-refractivity contribution in [2.45, 2.75) is 19.5 Å². The Kier molecular flexibility index (Phi) is 3.23. The Hall–Kier alpha value is -2.03. The summed E-state index contributed by atoms with van der Waals surface area (Å²) < 4.78 is 38.4. The van der Waals surface area contributed by atoms with E-state index >= 15 is 0 Å². The molecule has 1 aromatic carbocycles. The van der Waals surface area contributed by atoms with Gasteiger partial charge >= 0.3 is 6.18 Å². The van der Waals surface area contributed by atoms with Crippen LogP contribution >= 0.6 is 0 Å². The molecule has 1 atom stereocenters. The van der Waals surface area contributed by atoms with E-state index in [1.807, 2.05) is 6.07 Å². The Bertz CT molecular complexity index is 560. The van der Waals surface area contributed by atoms with Crippen LogP contribution in [0, 0.1) is 24.2 Å². The van der Waals surface area contributed by atoms with Crippen LogP contribution in [0.2, 0.25) is 0 Å². The van der Waals surface area contributed by atoms with Crippen LogP contribution in [0.15, 0.2) is 18.2 Å². The Balaban J connectivity index is 2.38. The molecule has 1 fully saturated rings. The van der Waals surface area contributed by atoms with Crippen LogP contribution in [0.4, 0.5) is 18.9 Å². The normalized spacial score (nSPS) is 19.6. The van der Waals surface area contributed by atoms with Crippen molar-refractivity contribution in [2.24, 2.45) is 5.92 Å². The predicted molar refractivity (Wildman–Crippen MR) is 62.3 cm³/mol. The van der Waals surface area contributed by atoms with E-state index in [0.717, 1.165) is 6.07 Å². The number of rotatable bonds is 1. The highest BCUT2D eigenvalue weighted by Crippen LogP contribution is 2.35. The topological polar surface area (TPSA) is 44.1 Å². The zero-order chi connectivity index (χ0) is 14.2. The number of aryl methyl sites for hydroxylation is 1. The number of benzene rings is 1. The lowest BCUT2D eigenvalue weighted by Gasteiger charge is -2.19. The molecule has 0 aromatic heterocycles. The van der Waals surface area contributed by atoms with E-state index < -0.39 is 17.7 Å². The van der Waals surface area contributed by atoms with E-state index in [1.54, 1.807) is 0 Å². The van der Waals surface area contributed by atoms with Gasteiger partial charge in [0.2, 0.25) is 5.91 Å². The number of carbonyl (C=O) groups is 1. The Labute approximate surface area is 108 Å². The molecule has 1 aliphatic rings. The summed E-state index contributed by atoms with van der Waals surface area (Å²) in [5, 5.41) is 8.77. The highest BCUT2D eigenvalue weighted by atomic mass is 19.4. The van der Waals surface area contributed by atoms with Crippen LogP contribution in [-0.2, 0) is 11.0 Å². The molecular formula is C13H11F3N2O. The average molecular weight is 268 g/mol. The van der Waals surface area contributed by atoms with Gasteiger partial charge in [-0.2, -0.15) is 18.4 Å². The van der Waals surface area contributed by atoms with Crippen molar-refractivity contribution in [2.75, 3.05) is 11.4 Å². The summed E-state index contributed by atoms with van der Waals surface area (Å²) >= 11 is 0. The summed E-state index contributed by atoms with van der Waals surface area (Å²) in [6.45, 7) is 1.52. The molecule has 1 amide bonds.